The van der Waals surface area contributed by atoms with Gasteiger partial charge < -0.3 is 4.74 Å². The molecule has 10 nitrogen and oxygen atoms in total. The lowest BCUT2D eigenvalue weighted by Crippen LogP contribution is -2.17. The lowest BCUT2D eigenvalue weighted by atomic mass is 10.0. The van der Waals surface area contributed by atoms with Crippen molar-refractivity contribution >= 4 is 28.7 Å². The second-order valence-corrected chi connectivity index (χ2v) is 7.77. The van der Waals surface area contributed by atoms with Gasteiger partial charge in [-0.2, -0.15) is 5.10 Å². The summed E-state index contributed by atoms with van der Waals surface area (Å²) >= 11 is 0. The van der Waals surface area contributed by atoms with Gasteiger partial charge in [0.05, 0.1) is 21.5 Å². The molecule has 0 aromatic heterocycles. The highest BCUT2D eigenvalue weighted by Gasteiger charge is 2.20. The molecule has 0 heterocycles. The largest absolute Gasteiger partial charge is 0.455 e. The maximum Gasteiger partial charge on any atom is 0.338 e. The van der Waals surface area contributed by atoms with E-state index in [-0.39, 0.29) is 18.0 Å². The Hall–Kier alpha value is -5.38. The average Bonchev–Trinajstić information content (AvgIpc) is 2.94. The summed E-state index contributed by atoms with van der Waals surface area (Å²) in [5.74, 6) is -0.560. The van der Waals surface area contributed by atoms with E-state index in [0.717, 1.165) is 23.3 Å². The SMILES string of the molecule is O=C(OCC(=NNc1ccc([N+](=O)[O-])cc1[N+](=O)[O-])c1ccc(-c2ccccc2)cc1)c1ccccc1. The molecule has 0 aliphatic rings. The number of nitrogens with one attached hydrogen (secondary N) is 1. The molecule has 184 valence electrons. The van der Waals surface area contributed by atoms with E-state index in [0.29, 0.717) is 11.1 Å². The summed E-state index contributed by atoms with van der Waals surface area (Å²) in [6.45, 7) is -0.230. The van der Waals surface area contributed by atoms with Gasteiger partial charge in [0.25, 0.3) is 5.69 Å². The van der Waals surface area contributed by atoms with Crippen molar-refractivity contribution in [3.05, 3.63) is 134 Å². The van der Waals surface area contributed by atoms with E-state index in [9.17, 15) is 25.0 Å². The molecule has 0 radical (unpaired) electrons. The van der Waals surface area contributed by atoms with E-state index in [2.05, 4.69) is 10.5 Å². The number of nitrogens with zero attached hydrogens (tertiary/aromatic N) is 3. The molecule has 10 heteroatoms. The Kier molecular flexibility index (Phi) is 7.60. The Morgan fingerprint density at radius 3 is 2.00 bits per heavy atom. The first-order valence-electron chi connectivity index (χ1n) is 11.1. The summed E-state index contributed by atoms with van der Waals surface area (Å²) in [6.07, 6.45) is 0. The van der Waals surface area contributed by atoms with Gasteiger partial charge in [0.1, 0.15) is 18.0 Å². The maximum absolute atomic E-state index is 12.5. The second-order valence-electron chi connectivity index (χ2n) is 7.77. The van der Waals surface area contributed by atoms with Crippen molar-refractivity contribution in [1.82, 2.24) is 0 Å². The van der Waals surface area contributed by atoms with Crippen LogP contribution in [0.2, 0.25) is 0 Å². The van der Waals surface area contributed by atoms with Crippen molar-refractivity contribution < 1.29 is 19.4 Å². The molecule has 1 N–H and O–H groups in total. The summed E-state index contributed by atoms with van der Waals surface area (Å²) in [7, 11) is 0. The number of ether oxygens (including phenoxy) is 1. The molecule has 4 aromatic rings. The third-order valence-corrected chi connectivity index (χ3v) is 5.37. The third-order valence-electron chi connectivity index (χ3n) is 5.37. The highest BCUT2D eigenvalue weighted by molar-refractivity contribution is 6.03. The molecule has 0 amide bonds. The highest BCUT2D eigenvalue weighted by atomic mass is 16.6. The van der Waals surface area contributed by atoms with Crippen molar-refractivity contribution in [3.8, 4) is 11.1 Å². The number of esters is 1. The number of nitro groups is 2. The second kappa shape index (κ2) is 11.4. The van der Waals surface area contributed by atoms with Crippen molar-refractivity contribution in [2.24, 2.45) is 5.10 Å². The van der Waals surface area contributed by atoms with Crippen LogP contribution in [0.1, 0.15) is 15.9 Å². The Labute approximate surface area is 211 Å². The quantitative estimate of drug-likeness (QED) is 0.133. The van der Waals surface area contributed by atoms with Gasteiger partial charge in [-0.15, -0.1) is 0 Å². The van der Waals surface area contributed by atoms with Crippen LogP contribution in [0.4, 0.5) is 17.1 Å². The average molecular weight is 496 g/mol. The van der Waals surface area contributed by atoms with Crippen LogP contribution in [-0.4, -0.2) is 28.1 Å². The Morgan fingerprint density at radius 1 is 0.757 bits per heavy atom. The van der Waals surface area contributed by atoms with Crippen LogP contribution in [0, 0.1) is 20.2 Å². The van der Waals surface area contributed by atoms with Crippen LogP contribution >= 0.6 is 0 Å². The smallest absolute Gasteiger partial charge is 0.338 e. The molecule has 0 saturated heterocycles. The number of carbonyl (C=O) groups is 1. The van der Waals surface area contributed by atoms with Gasteiger partial charge in [-0.3, -0.25) is 25.7 Å². The van der Waals surface area contributed by atoms with Crippen LogP contribution in [-0.2, 0) is 4.74 Å². The van der Waals surface area contributed by atoms with Crippen molar-refractivity contribution in [1.29, 1.82) is 0 Å². The third kappa shape index (κ3) is 6.20. The van der Waals surface area contributed by atoms with Gasteiger partial charge >= 0.3 is 11.7 Å². The zero-order valence-corrected chi connectivity index (χ0v) is 19.3. The first kappa shape index (κ1) is 24.7. The normalized spacial score (nSPS) is 11.0. The lowest BCUT2D eigenvalue weighted by molar-refractivity contribution is -0.393. The van der Waals surface area contributed by atoms with Crippen molar-refractivity contribution in [3.63, 3.8) is 0 Å². The van der Waals surface area contributed by atoms with E-state index in [1.165, 1.54) is 6.07 Å². The van der Waals surface area contributed by atoms with Gasteiger partial charge in [-0.05, 0) is 29.3 Å². The van der Waals surface area contributed by atoms with E-state index in [1.807, 2.05) is 42.5 Å². The van der Waals surface area contributed by atoms with E-state index < -0.39 is 27.2 Å². The highest BCUT2D eigenvalue weighted by Crippen LogP contribution is 2.29. The zero-order chi connectivity index (χ0) is 26.2. The molecule has 37 heavy (non-hydrogen) atoms. The number of hydrogen-bond donors (Lipinski definition) is 1. The van der Waals surface area contributed by atoms with Crippen LogP contribution in [0.3, 0.4) is 0 Å². The van der Waals surface area contributed by atoms with Crippen molar-refractivity contribution in [2.45, 2.75) is 0 Å². The first-order chi connectivity index (χ1) is 17.9. The summed E-state index contributed by atoms with van der Waals surface area (Å²) in [5.41, 5.74) is 4.85. The fourth-order valence-electron chi connectivity index (χ4n) is 3.46. The Balaban J connectivity index is 1.63. The number of benzene rings is 4. The fraction of sp³-hybridized carbons (Fsp3) is 0.0370. The molecule has 4 aromatic carbocycles. The minimum atomic E-state index is -0.741. The molecule has 0 spiro atoms. The van der Waals surface area contributed by atoms with Gasteiger partial charge in [-0.25, -0.2) is 4.79 Å². The van der Waals surface area contributed by atoms with Gasteiger partial charge in [0, 0.05) is 11.6 Å². The zero-order valence-electron chi connectivity index (χ0n) is 19.3. The predicted molar refractivity (Wildman–Crippen MR) is 139 cm³/mol. The number of anilines is 1. The summed E-state index contributed by atoms with van der Waals surface area (Å²) < 4.78 is 5.44. The van der Waals surface area contributed by atoms with Crippen LogP contribution < -0.4 is 5.43 Å². The molecular weight excluding hydrogens is 476 g/mol. The Bertz CT molecular complexity index is 1460. The molecule has 4 rings (SSSR count). The summed E-state index contributed by atoms with van der Waals surface area (Å²) in [5, 5.41) is 26.8. The summed E-state index contributed by atoms with van der Waals surface area (Å²) in [4.78, 5) is 33.5. The molecular formula is C27H20N4O6. The fourth-order valence-corrected chi connectivity index (χ4v) is 3.46. The predicted octanol–water partition coefficient (Wildman–Crippen LogP) is 5.84. The van der Waals surface area contributed by atoms with Gasteiger partial charge in [0.2, 0.25) is 0 Å². The number of carbonyl (C=O) groups excluding carboxylic acids is 1. The van der Waals surface area contributed by atoms with Gasteiger partial charge in [-0.1, -0.05) is 72.8 Å². The molecule has 0 unspecified atom stereocenters. The minimum Gasteiger partial charge on any atom is -0.455 e. The van der Waals surface area contributed by atoms with E-state index >= 15 is 0 Å². The number of hydrazone groups is 1. The maximum atomic E-state index is 12.5. The first-order valence-corrected chi connectivity index (χ1v) is 11.1. The molecule has 0 aliphatic carbocycles. The number of hydrogen-bond acceptors (Lipinski definition) is 8. The number of non-ortho nitro benzene ring substituents is 1. The standard InChI is InChI=1S/C27H20N4O6/c32-27(22-9-5-2-6-10-22)37-18-25(21-13-11-20(12-14-21)19-7-3-1-4-8-19)29-28-24-16-15-23(30(33)34)17-26(24)31(35)36/h1-17,28H,18H2. The Morgan fingerprint density at radius 2 is 1.38 bits per heavy atom. The van der Waals surface area contributed by atoms with Crippen LogP contribution in [0.15, 0.2) is 108 Å². The van der Waals surface area contributed by atoms with Crippen molar-refractivity contribution in [2.75, 3.05) is 12.0 Å². The summed E-state index contributed by atoms with van der Waals surface area (Å²) in [6, 6.07) is 28.7. The topological polar surface area (TPSA) is 137 Å². The molecule has 0 fully saturated rings. The monoisotopic (exact) mass is 496 g/mol. The minimum absolute atomic E-state index is 0.0524. The van der Waals surface area contributed by atoms with E-state index in [4.69, 9.17) is 4.74 Å². The number of nitro benzene ring substituents is 2. The molecule has 0 bridgehead atoms. The number of rotatable bonds is 9. The van der Waals surface area contributed by atoms with Gasteiger partial charge in [0.15, 0.2) is 0 Å². The molecule has 0 atom stereocenters. The lowest BCUT2D eigenvalue weighted by Gasteiger charge is -2.11. The van der Waals surface area contributed by atoms with Crippen LogP contribution in [0.25, 0.3) is 11.1 Å². The molecule has 0 aliphatic heterocycles. The molecule has 0 saturated carbocycles. The van der Waals surface area contributed by atoms with Crippen LogP contribution in [0.5, 0.6) is 0 Å². The van der Waals surface area contributed by atoms with E-state index in [1.54, 1.807) is 42.5 Å².